The second-order valence-corrected chi connectivity index (χ2v) is 10.8. The zero-order valence-corrected chi connectivity index (χ0v) is 20.2. The van der Waals surface area contributed by atoms with Crippen LogP contribution in [0.5, 0.6) is 0 Å². The van der Waals surface area contributed by atoms with Crippen molar-refractivity contribution < 1.29 is 23.2 Å². The number of hydrogen-bond acceptors (Lipinski definition) is 5. The molecule has 2 aromatic heterocycles. The van der Waals surface area contributed by atoms with Gasteiger partial charge in [-0.25, -0.2) is 8.78 Å². The molecule has 0 unspecified atom stereocenters. The number of nitrogens with one attached hydrogen (secondary N) is 3. The van der Waals surface area contributed by atoms with Crippen molar-refractivity contribution >= 4 is 50.9 Å². The van der Waals surface area contributed by atoms with Gasteiger partial charge in [-0.3, -0.25) is 14.4 Å². The predicted molar refractivity (Wildman–Crippen MR) is 125 cm³/mol. The fourth-order valence-corrected chi connectivity index (χ4v) is 6.83. The van der Waals surface area contributed by atoms with Gasteiger partial charge < -0.3 is 20.5 Å². The summed E-state index contributed by atoms with van der Waals surface area (Å²) >= 11 is 7.50. The van der Waals surface area contributed by atoms with Gasteiger partial charge in [-0.15, -0.1) is 11.3 Å². The van der Waals surface area contributed by atoms with Crippen molar-refractivity contribution in [1.82, 2.24) is 20.5 Å². The van der Waals surface area contributed by atoms with E-state index in [2.05, 4.69) is 15.6 Å². The number of piperidine rings is 3. The second kappa shape index (κ2) is 9.06. The monoisotopic (exact) mass is 523 g/mol. The summed E-state index contributed by atoms with van der Waals surface area (Å²) in [6.07, 6.45) is 1.41. The molecule has 186 valence electrons. The molecule has 6 rings (SSSR count). The van der Waals surface area contributed by atoms with Crippen molar-refractivity contribution in [2.24, 2.45) is 11.8 Å². The van der Waals surface area contributed by atoms with E-state index in [-0.39, 0.29) is 24.4 Å². The lowest BCUT2D eigenvalue weighted by molar-refractivity contribution is -0.179. The Morgan fingerprint density at radius 2 is 2.17 bits per heavy atom. The van der Waals surface area contributed by atoms with Crippen LogP contribution in [0.1, 0.15) is 49.0 Å². The van der Waals surface area contributed by atoms with E-state index in [4.69, 9.17) is 11.6 Å². The number of aromatic nitrogens is 1. The molecule has 12 heteroatoms. The minimum atomic E-state index is -3.10. The predicted octanol–water partition coefficient (Wildman–Crippen LogP) is 3.44. The lowest BCUT2D eigenvalue weighted by Gasteiger charge is -2.53. The molecule has 8 nitrogen and oxygen atoms in total. The number of amides is 3. The summed E-state index contributed by atoms with van der Waals surface area (Å²) in [4.78, 5) is 43.2. The largest absolute Gasteiger partial charge is 0.356 e. The molecule has 4 fully saturated rings. The van der Waals surface area contributed by atoms with Crippen LogP contribution in [0.3, 0.4) is 0 Å². The Kier molecular flexibility index (Phi) is 6.21. The summed E-state index contributed by atoms with van der Waals surface area (Å²) in [5.74, 6) is -6.42. The number of fused-ring (bicyclic) bond motifs is 4. The minimum absolute atomic E-state index is 0.0879. The number of halogens is 3. The van der Waals surface area contributed by atoms with Gasteiger partial charge >= 0.3 is 0 Å². The SMILES string of the molecule is N#C[C@H](C[C@H]1CCCNC1=O)NC(=O)[C@@H]1[C@@H]2CC[C@@H](CC2(F)F)N1C(=O)c1cc2scc(Cl)c2[nH]1. The third-order valence-corrected chi connectivity index (χ3v) is 8.73. The lowest BCUT2D eigenvalue weighted by Crippen LogP contribution is -2.68. The van der Waals surface area contributed by atoms with Gasteiger partial charge in [-0.1, -0.05) is 11.6 Å². The Hall–Kier alpha value is -2.71. The second-order valence-electron chi connectivity index (χ2n) is 9.52. The number of H-pyrrole nitrogens is 1. The highest BCUT2D eigenvalue weighted by Crippen LogP contribution is 2.49. The number of alkyl halides is 2. The minimum Gasteiger partial charge on any atom is -0.356 e. The maximum atomic E-state index is 14.9. The fourth-order valence-electron chi connectivity index (χ4n) is 5.68. The van der Waals surface area contributed by atoms with Gasteiger partial charge in [0.05, 0.1) is 27.2 Å². The van der Waals surface area contributed by atoms with Gasteiger partial charge in [0.15, 0.2) is 0 Å². The molecule has 2 aromatic rings. The molecule has 35 heavy (non-hydrogen) atoms. The third-order valence-electron chi connectivity index (χ3n) is 7.37. The van der Waals surface area contributed by atoms with Gasteiger partial charge in [0.25, 0.3) is 11.8 Å². The number of hydrogen-bond donors (Lipinski definition) is 3. The Morgan fingerprint density at radius 3 is 2.86 bits per heavy atom. The Morgan fingerprint density at radius 1 is 1.37 bits per heavy atom. The molecule has 4 aliphatic rings. The van der Waals surface area contributed by atoms with Crippen molar-refractivity contribution in [3.63, 3.8) is 0 Å². The first-order chi connectivity index (χ1) is 16.7. The molecule has 1 saturated carbocycles. The summed E-state index contributed by atoms with van der Waals surface area (Å²) in [6, 6.07) is 0.338. The molecule has 3 aliphatic heterocycles. The van der Waals surface area contributed by atoms with Gasteiger partial charge in [-0.2, -0.15) is 5.26 Å². The van der Waals surface area contributed by atoms with Crippen molar-refractivity contribution in [3.05, 3.63) is 22.2 Å². The van der Waals surface area contributed by atoms with E-state index >= 15 is 0 Å². The number of thiophene rings is 1. The van der Waals surface area contributed by atoms with Crippen LogP contribution in [0, 0.1) is 23.2 Å². The zero-order valence-electron chi connectivity index (χ0n) is 18.7. The Labute approximate surface area is 209 Å². The van der Waals surface area contributed by atoms with E-state index in [1.807, 2.05) is 6.07 Å². The van der Waals surface area contributed by atoms with Crippen molar-refractivity contribution in [2.45, 2.75) is 62.6 Å². The van der Waals surface area contributed by atoms with E-state index in [1.165, 1.54) is 16.2 Å². The lowest BCUT2D eigenvalue weighted by atomic mass is 9.71. The molecule has 2 bridgehead atoms. The van der Waals surface area contributed by atoms with E-state index in [0.717, 1.165) is 11.1 Å². The van der Waals surface area contributed by atoms with E-state index in [9.17, 15) is 28.4 Å². The van der Waals surface area contributed by atoms with Gasteiger partial charge in [0, 0.05) is 30.3 Å². The number of aromatic amines is 1. The molecule has 1 aliphatic carbocycles. The standard InChI is InChI=1S/C23H24ClF2N5O3S/c24-15-10-35-17-7-16(30-18(15)17)22(34)31-13-3-4-14(23(25,26)8-13)19(31)21(33)29-12(9-27)6-11-2-1-5-28-20(11)32/h7,10-14,19,30H,1-6,8H2,(H,28,32)(H,29,33)/t11-,12+,13+,14+,19+/m1/s1. The van der Waals surface area contributed by atoms with Crippen LogP contribution in [-0.2, 0) is 9.59 Å². The summed E-state index contributed by atoms with van der Waals surface area (Å²) < 4.78 is 30.6. The molecule has 0 spiro atoms. The highest BCUT2D eigenvalue weighted by Gasteiger charge is 2.60. The number of nitrogens with zero attached hydrogens (tertiary/aromatic N) is 2. The number of rotatable bonds is 5. The number of nitriles is 1. The first-order valence-electron chi connectivity index (χ1n) is 11.6. The smallest absolute Gasteiger partial charge is 0.271 e. The van der Waals surface area contributed by atoms with Crippen LogP contribution in [0.25, 0.3) is 10.2 Å². The van der Waals surface area contributed by atoms with Crippen LogP contribution in [0.15, 0.2) is 11.4 Å². The summed E-state index contributed by atoms with van der Waals surface area (Å²) in [6.45, 7) is 0.567. The van der Waals surface area contributed by atoms with E-state index in [0.29, 0.717) is 29.9 Å². The van der Waals surface area contributed by atoms with Crippen molar-refractivity contribution in [2.75, 3.05) is 6.54 Å². The zero-order chi connectivity index (χ0) is 24.9. The third kappa shape index (κ3) is 4.27. The molecular formula is C23H24ClF2N5O3S. The summed E-state index contributed by atoms with van der Waals surface area (Å²) in [7, 11) is 0. The van der Waals surface area contributed by atoms with Crippen molar-refractivity contribution in [3.8, 4) is 6.07 Å². The van der Waals surface area contributed by atoms with Gasteiger partial charge in [0.2, 0.25) is 11.8 Å². The van der Waals surface area contributed by atoms with Crippen LogP contribution in [0.2, 0.25) is 5.02 Å². The van der Waals surface area contributed by atoms with E-state index in [1.54, 1.807) is 11.4 Å². The average Bonchev–Trinajstić information content (AvgIpc) is 3.40. The number of carbonyl (C=O) groups is 3. The highest BCUT2D eigenvalue weighted by molar-refractivity contribution is 7.17. The average molecular weight is 524 g/mol. The molecular weight excluding hydrogens is 500 g/mol. The Bertz CT molecular complexity index is 1220. The van der Waals surface area contributed by atoms with Crippen LogP contribution < -0.4 is 10.6 Å². The molecule has 3 saturated heterocycles. The first kappa shape index (κ1) is 24.0. The molecule has 3 N–H and O–H groups in total. The first-order valence-corrected chi connectivity index (χ1v) is 12.9. The van der Waals surface area contributed by atoms with Crippen LogP contribution in [0.4, 0.5) is 8.78 Å². The summed E-state index contributed by atoms with van der Waals surface area (Å²) in [5.41, 5.74) is 0.766. The molecule has 3 amide bonds. The number of carbonyl (C=O) groups excluding carboxylic acids is 3. The maximum absolute atomic E-state index is 14.9. The Balaban J connectivity index is 1.40. The summed E-state index contributed by atoms with van der Waals surface area (Å²) in [5, 5.41) is 17.1. The van der Waals surface area contributed by atoms with E-state index < -0.39 is 54.1 Å². The molecule has 0 aromatic carbocycles. The maximum Gasteiger partial charge on any atom is 0.271 e. The van der Waals surface area contributed by atoms with Crippen LogP contribution in [-0.4, -0.2) is 58.2 Å². The molecule has 5 atom stereocenters. The fraction of sp³-hybridized carbons (Fsp3) is 0.565. The van der Waals surface area contributed by atoms with Crippen molar-refractivity contribution in [1.29, 1.82) is 5.26 Å². The topological polar surface area (TPSA) is 118 Å². The molecule has 5 heterocycles. The van der Waals surface area contributed by atoms with Gasteiger partial charge in [0.1, 0.15) is 17.8 Å². The van der Waals surface area contributed by atoms with Gasteiger partial charge in [-0.05, 0) is 38.2 Å². The van der Waals surface area contributed by atoms with Crippen LogP contribution >= 0.6 is 22.9 Å². The normalized spacial score (nSPS) is 28.4. The quantitative estimate of drug-likeness (QED) is 0.556. The molecule has 0 radical (unpaired) electrons. The highest BCUT2D eigenvalue weighted by atomic mass is 35.5.